The van der Waals surface area contributed by atoms with Gasteiger partial charge in [-0.05, 0) is 49.9 Å². The number of hydrogen-bond acceptors (Lipinski definition) is 5. The predicted molar refractivity (Wildman–Crippen MR) is 108 cm³/mol. The third kappa shape index (κ3) is 5.25. The van der Waals surface area contributed by atoms with Crippen LogP contribution in [0.15, 0.2) is 47.1 Å². The fourth-order valence-corrected chi connectivity index (χ4v) is 3.47. The molecule has 1 saturated carbocycles. The van der Waals surface area contributed by atoms with Crippen molar-refractivity contribution in [1.82, 2.24) is 5.32 Å². The lowest BCUT2D eigenvalue weighted by Gasteiger charge is -2.30. The standard InChI is InChI=1S/C22H26N2O5/c1-14-8-3-5-10-17(14)23-20(25)15(2)29-22(27)16-9-4-6-11-18(16)24-21(26)19-12-7-13-28-19/h4,6-7,9,11-15,17H,3,5,8,10H2,1-2H3,(H,23,25)(H,24,26)/t14-,15+,17-/m0/s1. The van der Waals surface area contributed by atoms with Crippen LogP contribution >= 0.6 is 0 Å². The minimum absolute atomic E-state index is 0.109. The number of carbonyl (C=O) groups excluding carboxylic acids is 3. The van der Waals surface area contributed by atoms with E-state index in [-0.39, 0.29) is 29.0 Å². The molecule has 3 rings (SSSR count). The molecule has 0 bridgehead atoms. The number of furan rings is 1. The summed E-state index contributed by atoms with van der Waals surface area (Å²) in [6.07, 6.45) is 4.75. The van der Waals surface area contributed by atoms with Crippen LogP contribution in [0, 0.1) is 5.92 Å². The normalized spacial score (nSPS) is 19.8. The van der Waals surface area contributed by atoms with Crippen molar-refractivity contribution in [3.05, 3.63) is 54.0 Å². The van der Waals surface area contributed by atoms with Crippen molar-refractivity contribution < 1.29 is 23.5 Å². The number of benzene rings is 1. The van der Waals surface area contributed by atoms with Crippen LogP contribution in [-0.2, 0) is 9.53 Å². The average molecular weight is 398 g/mol. The second-order valence-electron chi connectivity index (χ2n) is 7.40. The number of rotatable bonds is 6. The fraction of sp³-hybridized carbons (Fsp3) is 0.409. The van der Waals surface area contributed by atoms with Crippen molar-refractivity contribution in [2.45, 2.75) is 51.7 Å². The highest BCUT2D eigenvalue weighted by Gasteiger charge is 2.27. The van der Waals surface area contributed by atoms with Gasteiger partial charge in [-0.3, -0.25) is 9.59 Å². The Balaban J connectivity index is 1.62. The van der Waals surface area contributed by atoms with Gasteiger partial charge < -0.3 is 19.8 Å². The first-order valence-electron chi connectivity index (χ1n) is 9.91. The molecule has 1 aromatic carbocycles. The second kappa shape index (κ2) is 9.41. The van der Waals surface area contributed by atoms with Crippen LogP contribution in [0.25, 0.3) is 0 Å². The summed E-state index contributed by atoms with van der Waals surface area (Å²) in [5.74, 6) is -0.933. The fourth-order valence-electron chi connectivity index (χ4n) is 3.47. The van der Waals surface area contributed by atoms with Gasteiger partial charge in [-0.25, -0.2) is 4.79 Å². The van der Waals surface area contributed by atoms with Crippen LogP contribution in [0.1, 0.15) is 60.4 Å². The summed E-state index contributed by atoms with van der Waals surface area (Å²) in [5.41, 5.74) is 0.450. The molecule has 2 amide bonds. The molecule has 0 spiro atoms. The average Bonchev–Trinajstić information content (AvgIpc) is 3.25. The Morgan fingerprint density at radius 1 is 1.10 bits per heavy atom. The molecule has 7 heteroatoms. The lowest BCUT2D eigenvalue weighted by atomic mass is 9.86. The third-order valence-electron chi connectivity index (χ3n) is 5.23. The zero-order chi connectivity index (χ0) is 20.8. The SMILES string of the molecule is C[C@@H](OC(=O)c1ccccc1NC(=O)c1ccco1)C(=O)N[C@H]1CCCC[C@@H]1C. The van der Waals surface area contributed by atoms with E-state index in [4.69, 9.17) is 9.15 Å². The molecule has 1 fully saturated rings. The molecule has 1 aromatic heterocycles. The van der Waals surface area contributed by atoms with Crippen LogP contribution < -0.4 is 10.6 Å². The maximum atomic E-state index is 12.6. The van der Waals surface area contributed by atoms with Crippen LogP contribution in [0.2, 0.25) is 0 Å². The van der Waals surface area contributed by atoms with Gasteiger partial charge in [-0.15, -0.1) is 0 Å². The number of para-hydroxylation sites is 1. The highest BCUT2D eigenvalue weighted by atomic mass is 16.5. The Kier molecular flexibility index (Phi) is 6.69. The molecule has 1 aliphatic rings. The van der Waals surface area contributed by atoms with Gasteiger partial charge in [0.15, 0.2) is 11.9 Å². The molecule has 29 heavy (non-hydrogen) atoms. The van der Waals surface area contributed by atoms with Crippen molar-refractivity contribution >= 4 is 23.5 Å². The number of ether oxygens (including phenoxy) is 1. The molecular formula is C22H26N2O5. The molecule has 0 radical (unpaired) electrons. The van der Waals surface area contributed by atoms with Crippen molar-refractivity contribution in [2.75, 3.05) is 5.32 Å². The highest BCUT2D eigenvalue weighted by molar-refractivity contribution is 6.06. The zero-order valence-electron chi connectivity index (χ0n) is 16.6. The third-order valence-corrected chi connectivity index (χ3v) is 5.23. The molecule has 154 valence electrons. The lowest BCUT2D eigenvalue weighted by molar-refractivity contribution is -0.130. The molecule has 3 atom stereocenters. The minimum Gasteiger partial charge on any atom is -0.459 e. The molecule has 2 aromatic rings. The monoisotopic (exact) mass is 398 g/mol. The highest BCUT2D eigenvalue weighted by Crippen LogP contribution is 2.24. The Labute approximate surface area is 169 Å². The first-order valence-corrected chi connectivity index (χ1v) is 9.91. The van der Waals surface area contributed by atoms with Gasteiger partial charge >= 0.3 is 5.97 Å². The number of hydrogen-bond donors (Lipinski definition) is 2. The van der Waals surface area contributed by atoms with E-state index < -0.39 is 18.0 Å². The van der Waals surface area contributed by atoms with Gasteiger partial charge in [-0.2, -0.15) is 0 Å². The summed E-state index contributed by atoms with van der Waals surface area (Å²) in [7, 11) is 0. The number of nitrogens with one attached hydrogen (secondary N) is 2. The van der Waals surface area contributed by atoms with Gasteiger partial charge in [-0.1, -0.05) is 31.9 Å². The Bertz CT molecular complexity index is 862. The van der Waals surface area contributed by atoms with Crippen molar-refractivity contribution in [3.8, 4) is 0 Å². The molecule has 7 nitrogen and oxygen atoms in total. The zero-order valence-corrected chi connectivity index (χ0v) is 16.6. The summed E-state index contributed by atoms with van der Waals surface area (Å²) in [6, 6.07) is 9.71. The van der Waals surface area contributed by atoms with E-state index in [0.717, 1.165) is 19.3 Å². The van der Waals surface area contributed by atoms with E-state index in [2.05, 4.69) is 17.6 Å². The van der Waals surface area contributed by atoms with Gasteiger partial charge in [0.05, 0.1) is 17.5 Å². The smallest absolute Gasteiger partial charge is 0.341 e. The summed E-state index contributed by atoms with van der Waals surface area (Å²) < 4.78 is 10.4. The summed E-state index contributed by atoms with van der Waals surface area (Å²) in [6.45, 7) is 3.67. The van der Waals surface area contributed by atoms with Gasteiger partial charge in [0.2, 0.25) is 0 Å². The number of esters is 1. The van der Waals surface area contributed by atoms with E-state index in [0.29, 0.717) is 5.92 Å². The first kappa shape index (κ1) is 20.6. The van der Waals surface area contributed by atoms with Gasteiger partial charge in [0.25, 0.3) is 11.8 Å². The molecule has 2 N–H and O–H groups in total. The van der Waals surface area contributed by atoms with Crippen molar-refractivity contribution in [1.29, 1.82) is 0 Å². The number of carbonyl (C=O) groups is 3. The summed E-state index contributed by atoms with van der Waals surface area (Å²) in [4.78, 5) is 37.3. The molecule has 0 saturated heterocycles. The molecule has 0 unspecified atom stereocenters. The minimum atomic E-state index is -0.939. The Morgan fingerprint density at radius 2 is 1.86 bits per heavy atom. The Hall–Kier alpha value is -3.09. The molecular weight excluding hydrogens is 372 g/mol. The van der Waals surface area contributed by atoms with E-state index >= 15 is 0 Å². The predicted octanol–water partition coefficient (Wildman–Crippen LogP) is 3.77. The van der Waals surface area contributed by atoms with Crippen LogP contribution in [0.3, 0.4) is 0 Å². The maximum Gasteiger partial charge on any atom is 0.341 e. The van der Waals surface area contributed by atoms with Crippen LogP contribution in [-0.4, -0.2) is 29.9 Å². The maximum absolute atomic E-state index is 12.6. The molecule has 1 aliphatic carbocycles. The molecule has 1 heterocycles. The first-order chi connectivity index (χ1) is 14.0. The Morgan fingerprint density at radius 3 is 2.59 bits per heavy atom. The van der Waals surface area contributed by atoms with Crippen LogP contribution in [0.4, 0.5) is 5.69 Å². The number of anilines is 1. The largest absolute Gasteiger partial charge is 0.459 e. The lowest BCUT2D eigenvalue weighted by Crippen LogP contribution is -2.46. The topological polar surface area (TPSA) is 97.6 Å². The van der Waals surface area contributed by atoms with E-state index in [1.807, 2.05) is 0 Å². The summed E-state index contributed by atoms with van der Waals surface area (Å²) >= 11 is 0. The van der Waals surface area contributed by atoms with Crippen molar-refractivity contribution in [3.63, 3.8) is 0 Å². The number of amides is 2. The van der Waals surface area contributed by atoms with Crippen molar-refractivity contribution in [2.24, 2.45) is 5.92 Å². The molecule has 0 aliphatic heterocycles. The van der Waals surface area contributed by atoms with Gasteiger partial charge in [0, 0.05) is 6.04 Å². The van der Waals surface area contributed by atoms with E-state index in [1.165, 1.54) is 24.8 Å². The summed E-state index contributed by atoms with van der Waals surface area (Å²) in [5, 5.41) is 5.63. The van der Waals surface area contributed by atoms with Crippen LogP contribution in [0.5, 0.6) is 0 Å². The van der Waals surface area contributed by atoms with Gasteiger partial charge in [0.1, 0.15) is 0 Å². The van der Waals surface area contributed by atoms with E-state index in [9.17, 15) is 14.4 Å². The second-order valence-corrected chi connectivity index (χ2v) is 7.40. The quantitative estimate of drug-likeness (QED) is 0.722. The van der Waals surface area contributed by atoms with E-state index in [1.54, 1.807) is 31.2 Å².